The molecule has 5 nitrogen and oxygen atoms in total. The highest BCUT2D eigenvalue weighted by Gasteiger charge is 2.32. The van der Waals surface area contributed by atoms with Crippen LogP contribution in [0, 0.1) is 0 Å². The Kier molecular flexibility index (Phi) is 3.16. The number of aliphatic hydroxyl groups is 1. The van der Waals surface area contributed by atoms with Crippen LogP contribution in [0.1, 0.15) is 12.8 Å². The number of sulfonamides is 1. The van der Waals surface area contributed by atoms with Crippen molar-refractivity contribution in [2.75, 3.05) is 0 Å². The molecule has 2 rings (SSSR count). The van der Waals surface area contributed by atoms with Gasteiger partial charge in [0, 0.05) is 18.4 Å². The van der Waals surface area contributed by atoms with E-state index >= 15 is 0 Å². The number of hydrogen-bond acceptors (Lipinski definition) is 4. The number of halogens is 1. The first kappa shape index (κ1) is 11.8. The maximum absolute atomic E-state index is 11.8. The van der Waals surface area contributed by atoms with Gasteiger partial charge in [-0.15, -0.1) is 0 Å². The van der Waals surface area contributed by atoms with Gasteiger partial charge in [0.1, 0.15) is 4.90 Å². The first-order valence-corrected chi connectivity index (χ1v) is 6.65. The van der Waals surface area contributed by atoms with Gasteiger partial charge in [0.05, 0.1) is 11.1 Å². The third-order valence-corrected chi connectivity index (χ3v) is 4.45. The molecule has 16 heavy (non-hydrogen) atoms. The molecule has 0 amide bonds. The molecule has 1 heterocycles. The van der Waals surface area contributed by atoms with Crippen LogP contribution < -0.4 is 4.72 Å². The fourth-order valence-electron chi connectivity index (χ4n) is 1.53. The van der Waals surface area contributed by atoms with Crippen molar-refractivity contribution >= 4 is 21.6 Å². The summed E-state index contributed by atoms with van der Waals surface area (Å²) in [6, 6.07) is 1.21. The van der Waals surface area contributed by atoms with E-state index in [-0.39, 0.29) is 16.0 Å². The minimum absolute atomic E-state index is 0.0296. The van der Waals surface area contributed by atoms with E-state index < -0.39 is 16.1 Å². The zero-order valence-electron chi connectivity index (χ0n) is 8.30. The molecule has 2 N–H and O–H groups in total. The van der Waals surface area contributed by atoms with Crippen molar-refractivity contribution in [3.63, 3.8) is 0 Å². The Morgan fingerprint density at radius 2 is 2.19 bits per heavy atom. The SMILES string of the molecule is O=S(=O)(NC1CC(O)C1)c1cnccc1Cl. The molecular weight excluding hydrogens is 252 g/mol. The maximum atomic E-state index is 11.8. The molecule has 0 atom stereocenters. The fourth-order valence-corrected chi connectivity index (χ4v) is 3.22. The molecular formula is C9H11ClN2O3S. The maximum Gasteiger partial charge on any atom is 0.243 e. The summed E-state index contributed by atoms with van der Waals surface area (Å²) in [7, 11) is -3.63. The van der Waals surface area contributed by atoms with E-state index in [0.29, 0.717) is 12.8 Å². The number of aromatic nitrogens is 1. The Morgan fingerprint density at radius 1 is 1.50 bits per heavy atom. The van der Waals surface area contributed by atoms with Gasteiger partial charge < -0.3 is 5.11 Å². The minimum Gasteiger partial charge on any atom is -0.393 e. The molecule has 0 spiro atoms. The minimum atomic E-state index is -3.63. The molecule has 88 valence electrons. The highest BCUT2D eigenvalue weighted by molar-refractivity contribution is 7.89. The van der Waals surface area contributed by atoms with E-state index in [1.807, 2.05) is 0 Å². The fraction of sp³-hybridized carbons (Fsp3) is 0.444. The largest absolute Gasteiger partial charge is 0.393 e. The number of pyridine rings is 1. The third-order valence-electron chi connectivity index (χ3n) is 2.46. The van der Waals surface area contributed by atoms with Gasteiger partial charge in [-0.1, -0.05) is 11.6 Å². The lowest BCUT2D eigenvalue weighted by Gasteiger charge is -2.31. The molecule has 0 bridgehead atoms. The van der Waals surface area contributed by atoms with Crippen LogP contribution in [0.15, 0.2) is 23.4 Å². The average molecular weight is 263 g/mol. The summed E-state index contributed by atoms with van der Waals surface area (Å²) >= 11 is 5.77. The molecule has 0 aliphatic heterocycles. The van der Waals surface area contributed by atoms with E-state index in [0.717, 1.165) is 0 Å². The summed E-state index contributed by atoms with van der Waals surface area (Å²) in [6.07, 6.45) is 3.11. The van der Waals surface area contributed by atoms with Crippen molar-refractivity contribution in [3.8, 4) is 0 Å². The molecule has 0 aromatic carbocycles. The van der Waals surface area contributed by atoms with Gasteiger partial charge >= 0.3 is 0 Å². The first-order chi connectivity index (χ1) is 7.49. The van der Waals surface area contributed by atoms with Crippen molar-refractivity contribution in [2.24, 2.45) is 0 Å². The van der Waals surface area contributed by atoms with Crippen molar-refractivity contribution in [1.29, 1.82) is 0 Å². The molecule has 7 heteroatoms. The molecule has 1 aliphatic carbocycles. The van der Waals surface area contributed by atoms with E-state index in [9.17, 15) is 8.42 Å². The van der Waals surface area contributed by atoms with Crippen LogP contribution in [0.3, 0.4) is 0 Å². The first-order valence-electron chi connectivity index (χ1n) is 4.79. The summed E-state index contributed by atoms with van der Waals surface area (Å²) in [5, 5.41) is 9.21. The number of hydrogen-bond donors (Lipinski definition) is 2. The molecule has 1 saturated carbocycles. The lowest BCUT2D eigenvalue weighted by atomic mass is 9.91. The topological polar surface area (TPSA) is 79.3 Å². The zero-order chi connectivity index (χ0) is 11.8. The summed E-state index contributed by atoms with van der Waals surface area (Å²) in [4.78, 5) is 3.70. The summed E-state index contributed by atoms with van der Waals surface area (Å²) in [6.45, 7) is 0. The van der Waals surface area contributed by atoms with Gasteiger partial charge in [-0.3, -0.25) is 4.98 Å². The molecule has 0 unspecified atom stereocenters. The van der Waals surface area contributed by atoms with Crippen LogP contribution >= 0.6 is 11.6 Å². The van der Waals surface area contributed by atoms with E-state index in [1.165, 1.54) is 18.5 Å². The average Bonchev–Trinajstić information content (AvgIpc) is 2.15. The normalized spacial score (nSPS) is 25.1. The van der Waals surface area contributed by atoms with Gasteiger partial charge in [-0.25, -0.2) is 13.1 Å². The van der Waals surface area contributed by atoms with Crippen LogP contribution in [0.5, 0.6) is 0 Å². The number of nitrogens with zero attached hydrogens (tertiary/aromatic N) is 1. The van der Waals surface area contributed by atoms with Crippen LogP contribution in [0.2, 0.25) is 5.02 Å². The van der Waals surface area contributed by atoms with E-state index in [2.05, 4.69) is 9.71 Å². The Hall–Kier alpha value is -0.690. The number of aliphatic hydroxyl groups excluding tert-OH is 1. The Labute approximate surface area is 98.5 Å². The van der Waals surface area contributed by atoms with Gasteiger partial charge in [-0.2, -0.15) is 0 Å². The van der Waals surface area contributed by atoms with Gasteiger partial charge in [0.25, 0.3) is 0 Å². The second kappa shape index (κ2) is 4.29. The molecule has 0 saturated heterocycles. The molecule has 0 radical (unpaired) electrons. The molecule has 1 aromatic rings. The van der Waals surface area contributed by atoms with Gasteiger partial charge in [0.15, 0.2) is 0 Å². The predicted molar refractivity (Wildman–Crippen MR) is 58.6 cm³/mol. The Morgan fingerprint density at radius 3 is 2.75 bits per heavy atom. The van der Waals surface area contributed by atoms with Crippen LogP contribution in [-0.2, 0) is 10.0 Å². The summed E-state index contributed by atoms with van der Waals surface area (Å²) in [5.74, 6) is 0. The monoisotopic (exact) mass is 262 g/mol. The summed E-state index contributed by atoms with van der Waals surface area (Å²) in [5.41, 5.74) is 0. The van der Waals surface area contributed by atoms with Gasteiger partial charge in [0.2, 0.25) is 10.0 Å². The Balaban J connectivity index is 2.16. The van der Waals surface area contributed by atoms with Crippen LogP contribution in [-0.4, -0.2) is 30.7 Å². The standard InChI is InChI=1S/C9H11ClN2O3S/c10-8-1-2-11-5-9(8)16(14,15)12-6-3-7(13)4-6/h1-2,5-7,12-13H,3-4H2. The second-order valence-electron chi connectivity index (χ2n) is 3.75. The number of rotatable bonds is 3. The van der Waals surface area contributed by atoms with Crippen molar-refractivity contribution < 1.29 is 13.5 Å². The molecule has 1 fully saturated rings. The van der Waals surface area contributed by atoms with E-state index in [1.54, 1.807) is 0 Å². The van der Waals surface area contributed by atoms with Crippen LogP contribution in [0.25, 0.3) is 0 Å². The third kappa shape index (κ3) is 2.35. The molecule has 1 aliphatic rings. The molecule has 1 aromatic heterocycles. The predicted octanol–water partition coefficient (Wildman–Crippen LogP) is 0.537. The lowest BCUT2D eigenvalue weighted by molar-refractivity contribution is 0.0712. The Bertz CT molecular complexity index is 485. The van der Waals surface area contributed by atoms with E-state index in [4.69, 9.17) is 16.7 Å². The van der Waals surface area contributed by atoms with Gasteiger partial charge in [-0.05, 0) is 18.9 Å². The van der Waals surface area contributed by atoms with Crippen molar-refractivity contribution in [2.45, 2.75) is 29.9 Å². The quantitative estimate of drug-likeness (QED) is 0.833. The second-order valence-corrected chi connectivity index (χ2v) is 5.84. The van der Waals surface area contributed by atoms with Crippen molar-refractivity contribution in [1.82, 2.24) is 9.71 Å². The summed E-state index contributed by atoms with van der Waals surface area (Å²) < 4.78 is 26.2. The highest BCUT2D eigenvalue weighted by Crippen LogP contribution is 2.24. The van der Waals surface area contributed by atoms with Crippen molar-refractivity contribution in [3.05, 3.63) is 23.5 Å². The smallest absolute Gasteiger partial charge is 0.243 e. The lowest BCUT2D eigenvalue weighted by Crippen LogP contribution is -2.46. The zero-order valence-corrected chi connectivity index (χ0v) is 9.87. The van der Waals surface area contributed by atoms with Crippen LogP contribution in [0.4, 0.5) is 0 Å². The number of nitrogens with one attached hydrogen (secondary N) is 1. The highest BCUT2D eigenvalue weighted by atomic mass is 35.5.